The van der Waals surface area contributed by atoms with Crippen molar-refractivity contribution in [3.8, 4) is 0 Å². The molecular weight excluding hydrogens is 236 g/mol. The normalized spacial score (nSPS) is 11.6. The summed E-state index contributed by atoms with van der Waals surface area (Å²) < 4.78 is 5.40. The summed E-state index contributed by atoms with van der Waals surface area (Å²) in [5, 5.41) is 0.898. The number of thioether (sulfide) groups is 1. The van der Waals surface area contributed by atoms with Crippen molar-refractivity contribution >= 4 is 17.6 Å². The van der Waals surface area contributed by atoms with Gasteiger partial charge in [-0.3, -0.25) is 0 Å². The first-order chi connectivity index (χ1) is 7.94. The molecule has 0 radical (unpaired) electrons. The maximum atomic E-state index is 5.39. The minimum absolute atomic E-state index is 0.100. The molecule has 17 heavy (non-hydrogen) atoms. The molecule has 0 aliphatic heterocycles. The van der Waals surface area contributed by atoms with E-state index >= 15 is 0 Å². The second kappa shape index (κ2) is 6.18. The average Bonchev–Trinajstić information content (AvgIpc) is 2.23. The van der Waals surface area contributed by atoms with Gasteiger partial charge in [0.15, 0.2) is 5.82 Å². The molecule has 0 unspecified atom stereocenters. The Labute approximate surface area is 107 Å². The SMILES string of the molecule is CCOCc1nc(NN)cc(SC(C)(C)C)n1. The Morgan fingerprint density at radius 3 is 2.65 bits per heavy atom. The third-order valence-electron chi connectivity index (χ3n) is 1.74. The molecule has 0 aromatic carbocycles. The zero-order chi connectivity index (χ0) is 12.9. The Hall–Kier alpha value is -0.850. The van der Waals surface area contributed by atoms with Crippen molar-refractivity contribution in [2.45, 2.75) is 44.1 Å². The summed E-state index contributed by atoms with van der Waals surface area (Å²) in [6.07, 6.45) is 0. The lowest BCUT2D eigenvalue weighted by atomic mass is 10.3. The zero-order valence-corrected chi connectivity index (χ0v) is 11.6. The Kier molecular flexibility index (Phi) is 5.17. The number of nitrogens with zero attached hydrogens (tertiary/aromatic N) is 2. The summed E-state index contributed by atoms with van der Waals surface area (Å²) in [6.45, 7) is 9.40. The highest BCUT2D eigenvalue weighted by molar-refractivity contribution is 8.00. The average molecular weight is 256 g/mol. The highest BCUT2D eigenvalue weighted by Gasteiger charge is 2.14. The number of aromatic nitrogens is 2. The molecule has 0 aliphatic rings. The molecule has 0 fully saturated rings. The maximum absolute atomic E-state index is 5.39. The maximum Gasteiger partial charge on any atom is 0.157 e. The minimum atomic E-state index is 0.100. The van der Waals surface area contributed by atoms with Gasteiger partial charge in [0.1, 0.15) is 17.5 Å². The van der Waals surface area contributed by atoms with E-state index in [9.17, 15) is 0 Å². The molecule has 5 nitrogen and oxygen atoms in total. The summed E-state index contributed by atoms with van der Waals surface area (Å²) in [6, 6.07) is 1.84. The van der Waals surface area contributed by atoms with Crippen molar-refractivity contribution in [2.75, 3.05) is 12.0 Å². The topological polar surface area (TPSA) is 73.1 Å². The van der Waals surface area contributed by atoms with Gasteiger partial charge < -0.3 is 10.2 Å². The number of ether oxygens (including phenoxy) is 1. The van der Waals surface area contributed by atoms with Gasteiger partial charge in [-0.2, -0.15) is 0 Å². The van der Waals surface area contributed by atoms with Crippen molar-refractivity contribution in [3.05, 3.63) is 11.9 Å². The summed E-state index contributed by atoms with van der Waals surface area (Å²) in [5.74, 6) is 6.65. The summed E-state index contributed by atoms with van der Waals surface area (Å²) in [5.41, 5.74) is 2.55. The van der Waals surface area contributed by atoms with Crippen molar-refractivity contribution in [1.82, 2.24) is 9.97 Å². The van der Waals surface area contributed by atoms with E-state index in [1.165, 1.54) is 0 Å². The number of anilines is 1. The van der Waals surface area contributed by atoms with Gasteiger partial charge in [-0.1, -0.05) is 20.8 Å². The molecule has 1 heterocycles. The second-order valence-corrected chi connectivity index (χ2v) is 6.35. The van der Waals surface area contributed by atoms with Crippen molar-refractivity contribution in [2.24, 2.45) is 5.84 Å². The molecule has 0 saturated heterocycles. The second-order valence-electron chi connectivity index (χ2n) is 4.50. The van der Waals surface area contributed by atoms with Gasteiger partial charge in [0.25, 0.3) is 0 Å². The van der Waals surface area contributed by atoms with Crippen LogP contribution in [0.2, 0.25) is 0 Å². The molecule has 1 aromatic heterocycles. The Morgan fingerprint density at radius 1 is 1.41 bits per heavy atom. The number of hydrogen-bond donors (Lipinski definition) is 2. The van der Waals surface area contributed by atoms with Crippen LogP contribution in [0, 0.1) is 0 Å². The monoisotopic (exact) mass is 256 g/mol. The van der Waals surface area contributed by atoms with E-state index in [0.717, 1.165) is 5.03 Å². The number of nitrogens with two attached hydrogens (primary N) is 1. The van der Waals surface area contributed by atoms with E-state index in [1.54, 1.807) is 11.8 Å². The van der Waals surface area contributed by atoms with Gasteiger partial charge >= 0.3 is 0 Å². The Balaban J connectivity index is 2.88. The van der Waals surface area contributed by atoms with Crippen LogP contribution in [0.5, 0.6) is 0 Å². The number of hydrogen-bond acceptors (Lipinski definition) is 6. The lowest BCUT2D eigenvalue weighted by molar-refractivity contribution is 0.128. The van der Waals surface area contributed by atoms with Crippen LogP contribution in [0.1, 0.15) is 33.5 Å². The fourth-order valence-corrected chi connectivity index (χ4v) is 2.12. The molecule has 0 amide bonds. The van der Waals surface area contributed by atoms with E-state index in [-0.39, 0.29) is 4.75 Å². The standard InChI is InChI=1S/C11H20N4OS/c1-5-16-7-9-13-8(15-12)6-10(14-9)17-11(2,3)4/h6H,5,7,12H2,1-4H3,(H,13,14,15). The van der Waals surface area contributed by atoms with Crippen LogP contribution in [0.25, 0.3) is 0 Å². The van der Waals surface area contributed by atoms with Gasteiger partial charge in [0.2, 0.25) is 0 Å². The Morgan fingerprint density at radius 2 is 2.12 bits per heavy atom. The van der Waals surface area contributed by atoms with Gasteiger partial charge in [0.05, 0.1) is 0 Å². The third kappa shape index (κ3) is 5.34. The number of nitrogens with one attached hydrogen (secondary N) is 1. The van der Waals surface area contributed by atoms with E-state index in [4.69, 9.17) is 10.6 Å². The van der Waals surface area contributed by atoms with Crippen LogP contribution in [-0.2, 0) is 11.3 Å². The fourth-order valence-electron chi connectivity index (χ4n) is 1.17. The molecule has 96 valence electrons. The first kappa shape index (κ1) is 14.2. The van der Waals surface area contributed by atoms with E-state index < -0.39 is 0 Å². The van der Waals surface area contributed by atoms with Crippen LogP contribution in [0.15, 0.2) is 11.1 Å². The molecule has 1 rings (SSSR count). The predicted molar refractivity (Wildman–Crippen MR) is 70.8 cm³/mol. The minimum Gasteiger partial charge on any atom is -0.374 e. The van der Waals surface area contributed by atoms with Gasteiger partial charge in [-0.25, -0.2) is 15.8 Å². The number of hydrazine groups is 1. The predicted octanol–water partition coefficient (Wildman–Crippen LogP) is 2.19. The van der Waals surface area contributed by atoms with Gasteiger partial charge in [-0.15, -0.1) is 11.8 Å². The molecule has 0 saturated carbocycles. The molecule has 0 aliphatic carbocycles. The molecular formula is C11H20N4OS. The van der Waals surface area contributed by atoms with E-state index in [2.05, 4.69) is 36.2 Å². The first-order valence-corrected chi connectivity index (χ1v) is 6.37. The summed E-state index contributed by atoms with van der Waals surface area (Å²) >= 11 is 1.68. The Bertz CT molecular complexity index is 365. The quantitative estimate of drug-likeness (QED) is 0.364. The van der Waals surface area contributed by atoms with Crippen molar-refractivity contribution in [1.29, 1.82) is 0 Å². The van der Waals surface area contributed by atoms with Gasteiger partial charge in [0, 0.05) is 17.4 Å². The fraction of sp³-hybridized carbons (Fsp3) is 0.636. The van der Waals surface area contributed by atoms with Gasteiger partial charge in [-0.05, 0) is 6.92 Å². The van der Waals surface area contributed by atoms with E-state index in [1.807, 2.05) is 13.0 Å². The molecule has 0 spiro atoms. The van der Waals surface area contributed by atoms with Crippen molar-refractivity contribution < 1.29 is 4.74 Å². The third-order valence-corrected chi connectivity index (χ3v) is 2.77. The van der Waals surface area contributed by atoms with Crippen molar-refractivity contribution in [3.63, 3.8) is 0 Å². The largest absolute Gasteiger partial charge is 0.374 e. The summed E-state index contributed by atoms with van der Waals surface area (Å²) in [7, 11) is 0. The number of nitrogen functional groups attached to an aromatic ring is 1. The molecule has 0 atom stereocenters. The molecule has 6 heteroatoms. The first-order valence-electron chi connectivity index (χ1n) is 5.56. The van der Waals surface area contributed by atoms with Crippen LogP contribution < -0.4 is 11.3 Å². The van der Waals surface area contributed by atoms with Crippen LogP contribution in [0.4, 0.5) is 5.82 Å². The highest BCUT2D eigenvalue weighted by atomic mass is 32.2. The molecule has 0 bridgehead atoms. The van der Waals surface area contributed by atoms with Crippen LogP contribution in [-0.4, -0.2) is 21.3 Å². The van der Waals surface area contributed by atoms with Crippen LogP contribution >= 0.6 is 11.8 Å². The molecule has 3 N–H and O–H groups in total. The lowest BCUT2D eigenvalue weighted by Crippen LogP contribution is -2.13. The zero-order valence-electron chi connectivity index (χ0n) is 10.8. The van der Waals surface area contributed by atoms with E-state index in [0.29, 0.717) is 24.9 Å². The summed E-state index contributed by atoms with van der Waals surface area (Å²) in [4.78, 5) is 8.67. The smallest absolute Gasteiger partial charge is 0.157 e. The number of rotatable bonds is 5. The molecule has 1 aromatic rings. The van der Waals surface area contributed by atoms with Crippen LogP contribution in [0.3, 0.4) is 0 Å². The lowest BCUT2D eigenvalue weighted by Gasteiger charge is -2.17. The highest BCUT2D eigenvalue weighted by Crippen LogP contribution is 2.31.